The smallest absolute Gasteiger partial charge is 0.424 e. The topological polar surface area (TPSA) is 137 Å². The van der Waals surface area contributed by atoms with Gasteiger partial charge in [0.1, 0.15) is 40.5 Å². The highest BCUT2D eigenvalue weighted by molar-refractivity contribution is 7.18. The number of benzene rings is 2. The van der Waals surface area contributed by atoms with Crippen LogP contribution in [-0.2, 0) is 15.8 Å². The Hall–Kier alpha value is -4.30. The minimum absolute atomic E-state index is 0.0173. The number of hydrogen-bond acceptors (Lipinski definition) is 8. The highest BCUT2D eigenvalue weighted by Crippen LogP contribution is 2.56. The first-order chi connectivity index (χ1) is 21.9. The van der Waals surface area contributed by atoms with Gasteiger partial charge in [-0.25, -0.2) is 14.4 Å². The molecule has 2 aromatic heterocycles. The Morgan fingerprint density at radius 2 is 1.85 bits per heavy atom. The van der Waals surface area contributed by atoms with Gasteiger partial charge in [0.2, 0.25) is 11.5 Å². The molecule has 2 aromatic carbocycles. The normalized spacial score (nSPS) is 20.6. The van der Waals surface area contributed by atoms with Gasteiger partial charge in [-0.05, 0) is 74.1 Å². The molecule has 2 atom stereocenters. The van der Waals surface area contributed by atoms with Gasteiger partial charge in [-0.2, -0.15) is 13.2 Å². The summed E-state index contributed by atoms with van der Waals surface area (Å²) in [5.74, 6) is -1.87. The minimum Gasteiger partial charge on any atom is -0.494 e. The first kappa shape index (κ1) is 30.4. The Kier molecular flexibility index (Phi) is 7.01. The van der Waals surface area contributed by atoms with Crippen molar-refractivity contribution in [2.24, 2.45) is 11.7 Å². The van der Waals surface area contributed by atoms with Crippen LogP contribution in [0.1, 0.15) is 58.2 Å². The molecule has 3 heterocycles. The van der Waals surface area contributed by atoms with Crippen molar-refractivity contribution in [2.45, 2.75) is 48.8 Å². The van der Waals surface area contributed by atoms with Gasteiger partial charge in [-0.3, -0.25) is 9.59 Å². The number of thiazole rings is 1. The molecule has 46 heavy (non-hydrogen) atoms. The third-order valence-corrected chi connectivity index (χ3v) is 10.2. The van der Waals surface area contributed by atoms with E-state index < -0.39 is 47.1 Å². The third-order valence-electron chi connectivity index (χ3n) is 9.01. The number of aliphatic hydroxyl groups is 1. The van der Waals surface area contributed by atoms with Gasteiger partial charge in [0.15, 0.2) is 0 Å². The van der Waals surface area contributed by atoms with Gasteiger partial charge in [0, 0.05) is 22.6 Å². The Bertz CT molecular complexity index is 1890. The van der Waals surface area contributed by atoms with Crippen LogP contribution in [0.5, 0.6) is 11.5 Å². The largest absolute Gasteiger partial charge is 0.494 e. The number of primary amides is 1. The number of halogens is 4. The summed E-state index contributed by atoms with van der Waals surface area (Å²) in [5, 5.41) is 14.5. The number of carbonyl (C=O) groups excluding carboxylic acids is 2. The van der Waals surface area contributed by atoms with Crippen LogP contribution in [0.15, 0.2) is 42.5 Å². The Balaban J connectivity index is 1.29. The fraction of sp³-hybridized carbons (Fsp3) is 0.375. The summed E-state index contributed by atoms with van der Waals surface area (Å²) in [6.07, 6.45) is -2.11. The molecule has 0 saturated heterocycles. The molecule has 14 heteroatoms. The van der Waals surface area contributed by atoms with Crippen LogP contribution >= 0.6 is 11.3 Å². The van der Waals surface area contributed by atoms with E-state index in [-0.39, 0.29) is 40.7 Å². The maximum Gasteiger partial charge on any atom is 0.424 e. The molecule has 7 rings (SSSR count). The van der Waals surface area contributed by atoms with Gasteiger partial charge in [0.05, 0.1) is 29.1 Å². The van der Waals surface area contributed by atoms with Gasteiger partial charge in [0.25, 0.3) is 5.91 Å². The van der Waals surface area contributed by atoms with Crippen molar-refractivity contribution in [1.29, 1.82) is 0 Å². The van der Waals surface area contributed by atoms with E-state index in [1.165, 1.54) is 42.7 Å². The number of hydrogen-bond donors (Lipinski definition) is 3. The molecule has 2 fully saturated rings. The van der Waals surface area contributed by atoms with Crippen molar-refractivity contribution in [1.82, 2.24) is 15.3 Å². The van der Waals surface area contributed by atoms with Crippen LogP contribution in [0, 0.1) is 11.7 Å². The molecule has 0 radical (unpaired) electrons. The molecule has 1 unspecified atom stereocenters. The van der Waals surface area contributed by atoms with Crippen LogP contribution in [0.2, 0.25) is 0 Å². The van der Waals surface area contributed by atoms with E-state index >= 15 is 0 Å². The number of fused-ring (bicyclic) bond motifs is 2. The van der Waals surface area contributed by atoms with E-state index in [4.69, 9.17) is 15.2 Å². The average molecular weight is 657 g/mol. The first-order valence-corrected chi connectivity index (χ1v) is 15.5. The van der Waals surface area contributed by atoms with Crippen LogP contribution in [0.4, 0.5) is 17.6 Å². The Morgan fingerprint density at radius 1 is 1.13 bits per heavy atom. The summed E-state index contributed by atoms with van der Waals surface area (Å²) >= 11 is 1.39. The number of nitrogens with two attached hydrogens (primary N) is 1. The second-order valence-corrected chi connectivity index (χ2v) is 13.1. The molecule has 0 spiro atoms. The Morgan fingerprint density at radius 3 is 2.46 bits per heavy atom. The monoisotopic (exact) mass is 656 g/mol. The van der Waals surface area contributed by atoms with Gasteiger partial charge in [-0.1, -0.05) is 0 Å². The molecule has 2 saturated carbocycles. The van der Waals surface area contributed by atoms with E-state index in [9.17, 15) is 32.3 Å². The summed E-state index contributed by atoms with van der Waals surface area (Å²) in [6.45, 7) is -1.53. The zero-order valence-electron chi connectivity index (χ0n) is 24.4. The van der Waals surface area contributed by atoms with Crippen LogP contribution in [0.25, 0.3) is 21.5 Å². The lowest BCUT2D eigenvalue weighted by molar-refractivity contribution is -0.265. The van der Waals surface area contributed by atoms with Crippen molar-refractivity contribution >= 4 is 33.4 Å². The summed E-state index contributed by atoms with van der Waals surface area (Å²) in [5.41, 5.74) is 0.520. The molecule has 4 N–H and O–H groups in total. The van der Waals surface area contributed by atoms with Crippen molar-refractivity contribution in [3.05, 3.63) is 70.1 Å². The molecule has 2 aliphatic carbocycles. The highest BCUT2D eigenvalue weighted by Gasteiger charge is 2.60. The van der Waals surface area contributed by atoms with Gasteiger partial charge < -0.3 is 25.6 Å². The average Bonchev–Trinajstić information content (AvgIpc) is 3.97. The lowest BCUT2D eigenvalue weighted by Gasteiger charge is -2.32. The predicted octanol–water partition coefficient (Wildman–Crippen LogP) is 5.09. The van der Waals surface area contributed by atoms with Gasteiger partial charge >= 0.3 is 6.18 Å². The lowest BCUT2D eigenvalue weighted by atomic mass is 9.76. The maximum absolute atomic E-state index is 14.9. The van der Waals surface area contributed by atoms with E-state index in [0.717, 1.165) is 36.0 Å². The summed E-state index contributed by atoms with van der Waals surface area (Å²) in [7, 11) is 1.41. The third kappa shape index (κ3) is 4.85. The molecule has 0 bridgehead atoms. The van der Waals surface area contributed by atoms with Crippen molar-refractivity contribution in [3.63, 3.8) is 0 Å². The number of carbonyl (C=O) groups is 2. The number of methoxy groups -OCH3 is 1. The van der Waals surface area contributed by atoms with Gasteiger partial charge in [-0.15, -0.1) is 11.3 Å². The lowest BCUT2D eigenvalue weighted by Crippen LogP contribution is -2.52. The quantitative estimate of drug-likeness (QED) is 0.214. The number of alkyl halides is 3. The second-order valence-electron chi connectivity index (χ2n) is 12.0. The van der Waals surface area contributed by atoms with Crippen LogP contribution in [0.3, 0.4) is 0 Å². The van der Waals surface area contributed by atoms with Crippen molar-refractivity contribution < 1.29 is 41.7 Å². The first-order valence-electron chi connectivity index (χ1n) is 14.7. The number of amides is 2. The fourth-order valence-corrected chi connectivity index (χ4v) is 7.26. The van der Waals surface area contributed by atoms with E-state index in [1.807, 2.05) is 0 Å². The summed E-state index contributed by atoms with van der Waals surface area (Å²) in [4.78, 5) is 35.0. The number of ether oxygens (including phenoxy) is 2. The molecule has 2 amide bonds. The van der Waals surface area contributed by atoms with E-state index in [0.29, 0.717) is 34.7 Å². The van der Waals surface area contributed by atoms with Crippen LogP contribution < -0.4 is 20.5 Å². The SMILES string of the molecule is COc1cc(C(=O)NCC(O)(c2cc3c(c(-c4ccc(F)cc4)n2)OC[C@@]3(C(N)=O)C2CC2)C(F)(F)F)cc2sc(C3CC3)nc12. The van der Waals surface area contributed by atoms with E-state index in [1.54, 1.807) is 0 Å². The number of nitrogens with one attached hydrogen (secondary N) is 1. The highest BCUT2D eigenvalue weighted by atomic mass is 32.1. The zero-order chi connectivity index (χ0) is 32.6. The van der Waals surface area contributed by atoms with Crippen LogP contribution in [-0.4, -0.2) is 53.3 Å². The molecular weight excluding hydrogens is 628 g/mol. The fourth-order valence-electron chi connectivity index (χ4n) is 6.06. The molecule has 1 aliphatic heterocycles. The number of rotatable bonds is 9. The maximum atomic E-state index is 14.9. The Labute approximate surface area is 263 Å². The molecule has 240 valence electrons. The molecular formula is C32H28F4N4O5S. The summed E-state index contributed by atoms with van der Waals surface area (Å²) in [6, 6.07) is 8.71. The van der Waals surface area contributed by atoms with E-state index in [2.05, 4.69) is 15.3 Å². The zero-order valence-corrected chi connectivity index (χ0v) is 25.2. The number of aromatic nitrogens is 2. The van der Waals surface area contributed by atoms with Crippen molar-refractivity contribution in [2.75, 3.05) is 20.3 Å². The molecule has 4 aromatic rings. The summed E-state index contributed by atoms with van der Waals surface area (Å²) < 4.78 is 70.3. The molecule has 3 aliphatic rings. The number of pyridine rings is 1. The predicted molar refractivity (Wildman–Crippen MR) is 159 cm³/mol. The minimum atomic E-state index is -5.34. The molecule has 9 nitrogen and oxygen atoms in total. The standard InChI is InChI=1S/C32H28F4N4O5S/c1-44-21-10-17(11-22-25(21)40-28(46-22)16-2-3-16)27(41)38-13-31(43,32(34,35)36)23-12-20-26(24(39-23)15-4-8-19(33)9-5-15)45-14-30(20,29(37)42)18-6-7-18/h4-5,8-12,16,18,43H,2-3,6-7,13-14H2,1H3,(H2,37,42)(H,38,41)/t30-,31?/m1/s1. The number of nitrogens with zero attached hydrogens (tertiary/aromatic N) is 2. The van der Waals surface area contributed by atoms with Crippen molar-refractivity contribution in [3.8, 4) is 22.8 Å². The second kappa shape index (κ2) is 10.6.